The minimum Gasteiger partial charge on any atom is -0.497 e. The molecule has 172 valence electrons. The van der Waals surface area contributed by atoms with Crippen LogP contribution in [0.5, 0.6) is 5.75 Å². The standard InChI is InChI=1S/C26H26N6OS/c1-16(2)29-24-15-27-14-23(30-24)21-11-8-18-6-7-19(12-22(18)21)25-31-26(32-34-25)28-13-17-4-9-20(33-3)10-5-17/h4-7,9-12,14-16H,8,13H2,1-3H3,(H,28,32)(H,29,30). The molecule has 0 saturated heterocycles. The monoisotopic (exact) mass is 470 g/mol. The molecule has 2 N–H and O–H groups in total. The third-order valence-electron chi connectivity index (χ3n) is 5.56. The highest BCUT2D eigenvalue weighted by Crippen LogP contribution is 2.35. The number of nitrogens with zero attached hydrogens (tertiary/aromatic N) is 4. The summed E-state index contributed by atoms with van der Waals surface area (Å²) in [5.74, 6) is 2.26. The van der Waals surface area contributed by atoms with E-state index in [1.807, 2.05) is 30.5 Å². The van der Waals surface area contributed by atoms with Gasteiger partial charge in [-0.05, 0) is 66.7 Å². The lowest BCUT2D eigenvalue weighted by atomic mass is 10.0. The van der Waals surface area contributed by atoms with Gasteiger partial charge in [0.05, 0.1) is 25.2 Å². The van der Waals surface area contributed by atoms with Crippen LogP contribution in [0, 0.1) is 0 Å². The zero-order valence-electron chi connectivity index (χ0n) is 19.4. The molecule has 0 fully saturated rings. The number of methoxy groups -OCH3 is 1. The highest BCUT2D eigenvalue weighted by molar-refractivity contribution is 7.09. The van der Waals surface area contributed by atoms with Crippen LogP contribution >= 0.6 is 11.5 Å². The number of hydrogen-bond acceptors (Lipinski definition) is 8. The first-order valence-electron chi connectivity index (χ1n) is 11.2. The molecule has 0 unspecified atom stereocenters. The number of benzene rings is 2. The quantitative estimate of drug-likeness (QED) is 0.355. The van der Waals surface area contributed by atoms with Crippen LogP contribution in [0.15, 0.2) is 60.9 Å². The fourth-order valence-corrected chi connectivity index (χ4v) is 4.54. The van der Waals surface area contributed by atoms with Crippen LogP contribution in [0.1, 0.15) is 36.2 Å². The molecule has 1 aliphatic rings. The van der Waals surface area contributed by atoms with E-state index in [-0.39, 0.29) is 0 Å². The lowest BCUT2D eigenvalue weighted by Crippen LogP contribution is -2.11. The average molecular weight is 471 g/mol. The summed E-state index contributed by atoms with van der Waals surface area (Å²) in [6.07, 6.45) is 6.70. The van der Waals surface area contributed by atoms with E-state index in [0.717, 1.165) is 45.4 Å². The number of aromatic nitrogens is 4. The van der Waals surface area contributed by atoms with Gasteiger partial charge in [-0.2, -0.15) is 9.36 Å². The predicted molar refractivity (Wildman–Crippen MR) is 137 cm³/mol. The van der Waals surface area contributed by atoms with Gasteiger partial charge < -0.3 is 15.4 Å². The van der Waals surface area contributed by atoms with E-state index in [1.54, 1.807) is 13.3 Å². The average Bonchev–Trinajstić information content (AvgIpc) is 3.50. The molecule has 5 rings (SSSR count). The van der Waals surface area contributed by atoms with Gasteiger partial charge in [-0.25, -0.2) is 4.98 Å². The molecular formula is C26H26N6OS. The normalized spacial score (nSPS) is 12.4. The second kappa shape index (κ2) is 9.61. The van der Waals surface area contributed by atoms with Crippen molar-refractivity contribution in [3.8, 4) is 16.3 Å². The number of nitrogens with one attached hydrogen (secondary N) is 2. The fraction of sp³-hybridized carbons (Fsp3) is 0.231. The molecule has 1 aliphatic carbocycles. The molecule has 0 atom stereocenters. The first-order chi connectivity index (χ1) is 16.6. The zero-order valence-corrected chi connectivity index (χ0v) is 20.2. The Bertz CT molecular complexity index is 1330. The van der Waals surface area contributed by atoms with E-state index >= 15 is 0 Å². The van der Waals surface area contributed by atoms with Gasteiger partial charge in [0, 0.05) is 23.7 Å². The highest BCUT2D eigenvalue weighted by atomic mass is 32.1. The summed E-state index contributed by atoms with van der Waals surface area (Å²) >= 11 is 1.39. The minimum atomic E-state index is 0.297. The number of ether oxygens (including phenoxy) is 1. The predicted octanol–water partition coefficient (Wildman–Crippen LogP) is 5.42. The van der Waals surface area contributed by atoms with Gasteiger partial charge in [-0.1, -0.05) is 30.3 Å². The zero-order chi connectivity index (χ0) is 23.5. The fourth-order valence-electron chi connectivity index (χ4n) is 3.90. The van der Waals surface area contributed by atoms with E-state index in [4.69, 9.17) is 14.7 Å². The van der Waals surface area contributed by atoms with Crippen molar-refractivity contribution in [1.29, 1.82) is 0 Å². The Balaban J connectivity index is 1.33. The maximum absolute atomic E-state index is 5.21. The Morgan fingerprint density at radius 2 is 1.91 bits per heavy atom. The largest absolute Gasteiger partial charge is 0.497 e. The number of hydrogen-bond donors (Lipinski definition) is 2. The first kappa shape index (κ1) is 22.0. The van der Waals surface area contributed by atoms with E-state index in [2.05, 4.69) is 58.1 Å². The molecule has 8 heteroatoms. The smallest absolute Gasteiger partial charge is 0.235 e. The molecule has 2 aromatic heterocycles. The van der Waals surface area contributed by atoms with E-state index in [0.29, 0.717) is 18.5 Å². The van der Waals surface area contributed by atoms with Crippen LogP contribution in [0.3, 0.4) is 0 Å². The Morgan fingerprint density at radius 1 is 1.06 bits per heavy atom. The Labute approximate surface area is 203 Å². The Kier molecular flexibility index (Phi) is 6.22. The van der Waals surface area contributed by atoms with E-state index < -0.39 is 0 Å². The molecule has 0 radical (unpaired) electrons. The van der Waals surface area contributed by atoms with Gasteiger partial charge in [0.1, 0.15) is 16.6 Å². The Morgan fingerprint density at radius 3 is 2.71 bits per heavy atom. The second-order valence-electron chi connectivity index (χ2n) is 8.41. The second-order valence-corrected chi connectivity index (χ2v) is 9.16. The van der Waals surface area contributed by atoms with Crippen LogP contribution in [-0.4, -0.2) is 32.5 Å². The topological polar surface area (TPSA) is 84.9 Å². The van der Waals surface area contributed by atoms with Crippen LogP contribution in [0.25, 0.3) is 16.1 Å². The third kappa shape index (κ3) is 4.77. The van der Waals surface area contributed by atoms with Gasteiger partial charge in [0.2, 0.25) is 5.95 Å². The Hall–Kier alpha value is -3.78. The first-order valence-corrected chi connectivity index (χ1v) is 12.0. The molecule has 34 heavy (non-hydrogen) atoms. The summed E-state index contributed by atoms with van der Waals surface area (Å²) in [4.78, 5) is 13.9. The van der Waals surface area contributed by atoms with Crippen LogP contribution in [0.4, 0.5) is 11.8 Å². The van der Waals surface area contributed by atoms with Crippen molar-refractivity contribution >= 4 is 28.9 Å². The van der Waals surface area contributed by atoms with Crippen LogP contribution in [-0.2, 0) is 13.0 Å². The maximum atomic E-state index is 5.21. The summed E-state index contributed by atoms with van der Waals surface area (Å²) in [7, 11) is 1.67. The van der Waals surface area contributed by atoms with Gasteiger partial charge in [-0.3, -0.25) is 4.98 Å². The van der Waals surface area contributed by atoms with Crippen molar-refractivity contribution < 1.29 is 4.74 Å². The maximum Gasteiger partial charge on any atom is 0.235 e. The van der Waals surface area contributed by atoms with Gasteiger partial charge in [0.15, 0.2) is 0 Å². The highest BCUT2D eigenvalue weighted by Gasteiger charge is 2.19. The summed E-state index contributed by atoms with van der Waals surface area (Å²) < 4.78 is 9.72. The lowest BCUT2D eigenvalue weighted by molar-refractivity contribution is 0.414. The van der Waals surface area contributed by atoms with Crippen molar-refractivity contribution in [2.75, 3.05) is 17.7 Å². The molecule has 2 heterocycles. The van der Waals surface area contributed by atoms with Crippen molar-refractivity contribution in [3.05, 3.63) is 83.3 Å². The van der Waals surface area contributed by atoms with Gasteiger partial charge >= 0.3 is 0 Å². The summed E-state index contributed by atoms with van der Waals surface area (Å²) in [5, 5.41) is 7.52. The van der Waals surface area contributed by atoms with Gasteiger partial charge in [0.25, 0.3) is 0 Å². The molecule has 0 amide bonds. The lowest BCUT2D eigenvalue weighted by Gasteiger charge is -2.11. The van der Waals surface area contributed by atoms with E-state index in [1.165, 1.54) is 22.7 Å². The summed E-state index contributed by atoms with van der Waals surface area (Å²) in [5.41, 5.74) is 6.63. The van der Waals surface area contributed by atoms with Crippen molar-refractivity contribution in [2.24, 2.45) is 0 Å². The van der Waals surface area contributed by atoms with Crippen molar-refractivity contribution in [3.63, 3.8) is 0 Å². The molecule has 0 aliphatic heterocycles. The molecule has 0 saturated carbocycles. The molecule has 4 aromatic rings. The molecule has 2 aromatic carbocycles. The summed E-state index contributed by atoms with van der Waals surface area (Å²) in [6.45, 7) is 4.83. The van der Waals surface area contributed by atoms with Crippen LogP contribution in [0.2, 0.25) is 0 Å². The minimum absolute atomic E-state index is 0.297. The van der Waals surface area contributed by atoms with Gasteiger partial charge in [-0.15, -0.1) is 0 Å². The molecule has 0 bridgehead atoms. The van der Waals surface area contributed by atoms with Crippen LogP contribution < -0.4 is 15.4 Å². The molecule has 7 nitrogen and oxygen atoms in total. The number of allylic oxidation sites excluding steroid dienone is 1. The number of fused-ring (bicyclic) bond motifs is 1. The van der Waals surface area contributed by atoms with Crippen molar-refractivity contribution in [1.82, 2.24) is 19.3 Å². The van der Waals surface area contributed by atoms with Crippen molar-refractivity contribution in [2.45, 2.75) is 32.9 Å². The SMILES string of the molecule is COc1ccc(CNc2nsc(-c3ccc4c(c3)C(c3cncc(NC(C)C)n3)=CC4)n2)cc1. The third-order valence-corrected chi connectivity index (χ3v) is 6.32. The number of rotatable bonds is 8. The van der Waals surface area contributed by atoms with E-state index in [9.17, 15) is 0 Å². The molecule has 0 spiro atoms. The number of anilines is 2. The summed E-state index contributed by atoms with van der Waals surface area (Å²) in [6, 6.07) is 14.7. The molecular weight excluding hydrogens is 444 g/mol.